The molecule has 4 aromatic rings. The topological polar surface area (TPSA) is 29.5 Å². The molecule has 0 heterocycles. The molecule has 0 saturated heterocycles. The van der Waals surface area contributed by atoms with Gasteiger partial charge in [0.25, 0.3) is 0 Å². The van der Waals surface area contributed by atoms with Gasteiger partial charge in [-0.3, -0.25) is 0 Å². The molecule has 0 aliphatic rings. The smallest absolute Gasteiger partial charge is 0.127 e. The molecular formula is C25H21O2P. The van der Waals surface area contributed by atoms with Crippen LogP contribution in [0.2, 0.25) is 0 Å². The predicted molar refractivity (Wildman–Crippen MR) is 119 cm³/mol. The molecule has 0 saturated carbocycles. The van der Waals surface area contributed by atoms with Gasteiger partial charge in [0.15, 0.2) is 0 Å². The van der Waals surface area contributed by atoms with Gasteiger partial charge in [-0.15, -0.1) is 0 Å². The summed E-state index contributed by atoms with van der Waals surface area (Å²) < 4.78 is 5.71. The minimum Gasteiger partial charge on any atom is -0.507 e. The summed E-state index contributed by atoms with van der Waals surface area (Å²) in [5, 5.41) is 14.1. The van der Waals surface area contributed by atoms with Crippen LogP contribution in [0.3, 0.4) is 0 Å². The number of rotatable bonds is 5. The zero-order valence-electron chi connectivity index (χ0n) is 15.6. The second-order valence-electron chi connectivity index (χ2n) is 6.38. The van der Waals surface area contributed by atoms with E-state index in [4.69, 9.17) is 4.74 Å². The van der Waals surface area contributed by atoms with E-state index in [0.29, 0.717) is 0 Å². The lowest BCUT2D eigenvalue weighted by Gasteiger charge is -2.24. The van der Waals surface area contributed by atoms with E-state index in [2.05, 4.69) is 54.6 Å². The van der Waals surface area contributed by atoms with E-state index >= 15 is 0 Å². The van der Waals surface area contributed by atoms with Gasteiger partial charge in [0.05, 0.1) is 7.11 Å². The lowest BCUT2D eigenvalue weighted by atomic mass is 10.0. The summed E-state index contributed by atoms with van der Waals surface area (Å²) in [4.78, 5) is 0. The lowest BCUT2D eigenvalue weighted by Crippen LogP contribution is -2.23. The Morgan fingerprint density at radius 1 is 0.607 bits per heavy atom. The van der Waals surface area contributed by atoms with Crippen LogP contribution in [0.5, 0.6) is 11.5 Å². The van der Waals surface area contributed by atoms with Crippen molar-refractivity contribution < 1.29 is 9.84 Å². The lowest BCUT2D eigenvalue weighted by molar-refractivity contribution is 0.418. The number of phenols is 1. The van der Waals surface area contributed by atoms with E-state index < -0.39 is 7.92 Å². The maximum Gasteiger partial charge on any atom is 0.127 e. The van der Waals surface area contributed by atoms with Crippen LogP contribution in [0.4, 0.5) is 0 Å². The summed E-state index contributed by atoms with van der Waals surface area (Å²) in [5.41, 5.74) is 1.89. The molecule has 1 unspecified atom stereocenters. The Bertz CT molecular complexity index is 1080. The second kappa shape index (κ2) is 8.29. The van der Waals surface area contributed by atoms with Crippen molar-refractivity contribution >= 4 is 23.8 Å². The summed E-state index contributed by atoms with van der Waals surface area (Å²) in [6, 6.07) is 34.5. The molecule has 0 aliphatic heterocycles. The standard InChI is InChI=1S/C25H21O2P/c1-27-23-16-8-10-18-25(23)28(19-11-3-2-4-12-19)24-17-9-6-14-21(24)20-13-5-7-15-22(20)26/h2-18,26H,1H3. The molecule has 4 aromatic carbocycles. The highest BCUT2D eigenvalue weighted by atomic mass is 31.1. The summed E-state index contributed by atoms with van der Waals surface area (Å²) in [7, 11) is 0.849. The molecule has 1 atom stereocenters. The third-order valence-corrected chi connectivity index (χ3v) is 7.22. The van der Waals surface area contributed by atoms with Crippen molar-refractivity contribution in [3.05, 3.63) is 103 Å². The Kier molecular flexibility index (Phi) is 5.41. The van der Waals surface area contributed by atoms with Gasteiger partial charge in [-0.2, -0.15) is 0 Å². The molecule has 0 aliphatic carbocycles. The van der Waals surface area contributed by atoms with Crippen LogP contribution in [0.1, 0.15) is 0 Å². The van der Waals surface area contributed by atoms with Gasteiger partial charge in [-0.1, -0.05) is 91.0 Å². The summed E-state index contributed by atoms with van der Waals surface area (Å²) in [6.45, 7) is 0. The van der Waals surface area contributed by atoms with Crippen LogP contribution < -0.4 is 20.7 Å². The Morgan fingerprint density at radius 2 is 1.18 bits per heavy atom. The first-order valence-corrected chi connectivity index (χ1v) is 10.5. The SMILES string of the molecule is COc1ccccc1P(c1ccccc1)c1ccccc1-c1ccccc1O. The summed E-state index contributed by atoms with van der Waals surface area (Å²) in [5.74, 6) is 1.17. The minimum atomic E-state index is -0.866. The summed E-state index contributed by atoms with van der Waals surface area (Å²) in [6.07, 6.45) is 0. The Hall–Kier alpha value is -3.09. The maximum absolute atomic E-state index is 10.5. The second-order valence-corrected chi connectivity index (χ2v) is 8.53. The number of para-hydroxylation sites is 2. The molecule has 0 amide bonds. The van der Waals surface area contributed by atoms with Crippen LogP contribution >= 0.6 is 7.92 Å². The maximum atomic E-state index is 10.5. The average Bonchev–Trinajstić information content (AvgIpc) is 2.76. The molecule has 28 heavy (non-hydrogen) atoms. The van der Waals surface area contributed by atoms with E-state index in [1.54, 1.807) is 13.2 Å². The quantitative estimate of drug-likeness (QED) is 0.500. The van der Waals surface area contributed by atoms with Crippen molar-refractivity contribution in [3.8, 4) is 22.6 Å². The average molecular weight is 384 g/mol. The van der Waals surface area contributed by atoms with Crippen LogP contribution in [0.15, 0.2) is 103 Å². The van der Waals surface area contributed by atoms with Crippen LogP contribution in [-0.2, 0) is 0 Å². The number of phenolic OH excluding ortho intramolecular Hbond substituents is 1. The monoisotopic (exact) mass is 384 g/mol. The first-order valence-electron chi connectivity index (χ1n) is 9.15. The number of ether oxygens (including phenoxy) is 1. The van der Waals surface area contributed by atoms with E-state index in [1.165, 1.54) is 10.6 Å². The van der Waals surface area contributed by atoms with E-state index in [1.807, 2.05) is 42.5 Å². The van der Waals surface area contributed by atoms with Crippen molar-refractivity contribution in [3.63, 3.8) is 0 Å². The number of methoxy groups -OCH3 is 1. The van der Waals surface area contributed by atoms with Gasteiger partial charge in [0.2, 0.25) is 0 Å². The first-order chi connectivity index (χ1) is 13.8. The van der Waals surface area contributed by atoms with Crippen molar-refractivity contribution in [2.75, 3.05) is 7.11 Å². The van der Waals surface area contributed by atoms with Gasteiger partial charge in [-0.05, 0) is 36.2 Å². The van der Waals surface area contributed by atoms with Gasteiger partial charge in [0.1, 0.15) is 11.5 Å². The highest BCUT2D eigenvalue weighted by Crippen LogP contribution is 2.41. The van der Waals surface area contributed by atoms with Crippen LogP contribution in [0.25, 0.3) is 11.1 Å². The third-order valence-electron chi connectivity index (χ3n) is 4.68. The normalized spacial score (nSPS) is 11.8. The molecule has 0 spiro atoms. The van der Waals surface area contributed by atoms with Crippen molar-refractivity contribution in [1.82, 2.24) is 0 Å². The largest absolute Gasteiger partial charge is 0.507 e. The molecule has 0 aromatic heterocycles. The fraction of sp³-hybridized carbons (Fsp3) is 0.0400. The fourth-order valence-electron chi connectivity index (χ4n) is 3.40. The van der Waals surface area contributed by atoms with E-state index in [-0.39, 0.29) is 5.75 Å². The van der Waals surface area contributed by atoms with Crippen molar-refractivity contribution in [1.29, 1.82) is 0 Å². The zero-order valence-corrected chi connectivity index (χ0v) is 16.5. The third kappa shape index (κ3) is 3.52. The Labute approximate surface area is 166 Å². The van der Waals surface area contributed by atoms with Gasteiger partial charge in [0, 0.05) is 10.9 Å². The predicted octanol–water partition coefficient (Wildman–Crippen LogP) is 4.83. The molecule has 0 bridgehead atoms. The zero-order chi connectivity index (χ0) is 19.3. The molecule has 0 radical (unpaired) electrons. The molecule has 4 rings (SSSR count). The van der Waals surface area contributed by atoms with Crippen molar-refractivity contribution in [2.24, 2.45) is 0 Å². The van der Waals surface area contributed by atoms with Gasteiger partial charge < -0.3 is 9.84 Å². The number of benzene rings is 4. The fourth-order valence-corrected chi connectivity index (χ4v) is 5.98. The molecular weight excluding hydrogens is 363 g/mol. The van der Waals surface area contributed by atoms with E-state index in [9.17, 15) is 5.11 Å². The highest BCUT2D eigenvalue weighted by Gasteiger charge is 2.23. The Balaban J connectivity index is 1.99. The highest BCUT2D eigenvalue weighted by molar-refractivity contribution is 7.80. The molecule has 2 nitrogen and oxygen atoms in total. The Morgan fingerprint density at radius 3 is 1.89 bits per heavy atom. The number of hydrogen-bond acceptors (Lipinski definition) is 2. The number of aromatic hydroxyl groups is 1. The summed E-state index contributed by atoms with van der Waals surface area (Å²) >= 11 is 0. The molecule has 138 valence electrons. The van der Waals surface area contributed by atoms with Crippen LogP contribution in [-0.4, -0.2) is 12.2 Å². The van der Waals surface area contributed by atoms with E-state index in [0.717, 1.165) is 22.2 Å². The molecule has 3 heteroatoms. The molecule has 0 fully saturated rings. The van der Waals surface area contributed by atoms with Gasteiger partial charge in [-0.25, -0.2) is 0 Å². The minimum absolute atomic E-state index is 0.290. The van der Waals surface area contributed by atoms with Crippen molar-refractivity contribution in [2.45, 2.75) is 0 Å². The molecule has 1 N–H and O–H groups in total. The van der Waals surface area contributed by atoms with Crippen LogP contribution in [0, 0.1) is 0 Å². The first kappa shape index (κ1) is 18.3. The van der Waals surface area contributed by atoms with Gasteiger partial charge >= 0.3 is 0 Å². The number of hydrogen-bond donors (Lipinski definition) is 1.